The van der Waals surface area contributed by atoms with Crippen molar-refractivity contribution in [1.29, 1.82) is 0 Å². The quantitative estimate of drug-likeness (QED) is 0.501. The van der Waals surface area contributed by atoms with Gasteiger partial charge in [0.05, 0.1) is 23.4 Å². The summed E-state index contributed by atoms with van der Waals surface area (Å²) < 4.78 is 33.7. The summed E-state index contributed by atoms with van der Waals surface area (Å²) >= 11 is 1.41. The number of rotatable bonds is 8. The Kier molecular flexibility index (Phi) is 7.02. The first-order chi connectivity index (χ1) is 14.4. The van der Waals surface area contributed by atoms with Gasteiger partial charge in [-0.25, -0.2) is 8.42 Å². The van der Waals surface area contributed by atoms with Crippen LogP contribution in [0.2, 0.25) is 0 Å². The summed E-state index contributed by atoms with van der Waals surface area (Å²) in [5, 5.41) is 2.76. The fraction of sp³-hybridized carbons (Fsp3) is 0.136. The van der Waals surface area contributed by atoms with E-state index in [4.69, 9.17) is 4.74 Å². The van der Waals surface area contributed by atoms with Gasteiger partial charge in [0.15, 0.2) is 0 Å². The van der Waals surface area contributed by atoms with E-state index < -0.39 is 10.0 Å². The van der Waals surface area contributed by atoms with Crippen molar-refractivity contribution < 1.29 is 17.9 Å². The number of ether oxygens (including phenoxy) is 1. The van der Waals surface area contributed by atoms with Crippen LogP contribution in [0.15, 0.2) is 82.6 Å². The molecule has 0 unspecified atom stereocenters. The van der Waals surface area contributed by atoms with Crippen molar-refractivity contribution in [2.24, 2.45) is 0 Å². The number of anilines is 2. The van der Waals surface area contributed by atoms with E-state index >= 15 is 0 Å². The maximum atomic E-state index is 13.0. The monoisotopic (exact) mass is 442 g/mol. The number of carbonyl (C=O) groups is 1. The molecule has 0 heterocycles. The third-order valence-electron chi connectivity index (χ3n) is 4.23. The average Bonchev–Trinajstić information content (AvgIpc) is 2.74. The molecule has 0 aliphatic carbocycles. The number of nitrogens with one attached hydrogen (secondary N) is 2. The molecule has 6 nitrogen and oxygen atoms in total. The Morgan fingerprint density at radius 3 is 2.43 bits per heavy atom. The highest BCUT2D eigenvalue weighted by atomic mass is 32.2. The summed E-state index contributed by atoms with van der Waals surface area (Å²) in [6, 6.07) is 21.2. The second-order valence-electron chi connectivity index (χ2n) is 6.44. The molecule has 0 aliphatic heterocycles. The minimum absolute atomic E-state index is 0.0851. The molecule has 8 heteroatoms. The van der Waals surface area contributed by atoms with Crippen molar-refractivity contribution in [3.63, 3.8) is 0 Å². The summed E-state index contributed by atoms with van der Waals surface area (Å²) in [6.07, 6.45) is 0. The van der Waals surface area contributed by atoms with Crippen molar-refractivity contribution in [3.05, 3.63) is 78.4 Å². The summed E-state index contributed by atoms with van der Waals surface area (Å²) in [5.74, 6) is 0.425. The smallest absolute Gasteiger partial charge is 0.262 e. The molecule has 0 saturated carbocycles. The fourth-order valence-electron chi connectivity index (χ4n) is 2.76. The van der Waals surface area contributed by atoms with E-state index in [-0.39, 0.29) is 16.6 Å². The number of carbonyl (C=O) groups excluding carboxylic acids is 1. The number of sulfonamides is 1. The Morgan fingerprint density at radius 1 is 1.00 bits per heavy atom. The summed E-state index contributed by atoms with van der Waals surface area (Å²) in [7, 11) is -2.40. The molecule has 0 aromatic heterocycles. The van der Waals surface area contributed by atoms with Gasteiger partial charge < -0.3 is 10.1 Å². The van der Waals surface area contributed by atoms with Gasteiger partial charge in [-0.1, -0.05) is 36.4 Å². The molecule has 30 heavy (non-hydrogen) atoms. The molecular weight excluding hydrogens is 420 g/mol. The van der Waals surface area contributed by atoms with Crippen LogP contribution >= 0.6 is 11.8 Å². The van der Waals surface area contributed by atoms with Crippen molar-refractivity contribution in [1.82, 2.24) is 0 Å². The summed E-state index contributed by atoms with van der Waals surface area (Å²) in [4.78, 5) is 13.4. The van der Waals surface area contributed by atoms with Crippen molar-refractivity contribution in [2.45, 2.75) is 16.7 Å². The van der Waals surface area contributed by atoms with Gasteiger partial charge in [-0.05, 0) is 48.9 Å². The summed E-state index contributed by atoms with van der Waals surface area (Å²) in [5.41, 5.74) is 1.32. The maximum absolute atomic E-state index is 13.0. The number of hydrogen-bond donors (Lipinski definition) is 2. The second kappa shape index (κ2) is 9.69. The van der Waals surface area contributed by atoms with Crippen LogP contribution < -0.4 is 14.8 Å². The molecule has 3 rings (SSSR count). The van der Waals surface area contributed by atoms with E-state index in [9.17, 15) is 13.2 Å². The van der Waals surface area contributed by atoms with E-state index in [1.54, 1.807) is 43.3 Å². The molecule has 0 spiro atoms. The molecule has 0 atom stereocenters. The topological polar surface area (TPSA) is 84.5 Å². The minimum atomic E-state index is -3.88. The van der Waals surface area contributed by atoms with Crippen molar-refractivity contribution in [3.8, 4) is 5.75 Å². The van der Waals surface area contributed by atoms with Crippen molar-refractivity contribution in [2.75, 3.05) is 22.9 Å². The number of amides is 1. The summed E-state index contributed by atoms with van der Waals surface area (Å²) in [6.45, 7) is 1.70. The molecule has 156 valence electrons. The molecule has 3 aromatic carbocycles. The Labute approximate surface area is 180 Å². The Balaban J connectivity index is 1.74. The third-order valence-corrected chi connectivity index (χ3v) is 6.75. The zero-order valence-electron chi connectivity index (χ0n) is 16.6. The molecule has 1 amide bonds. The van der Waals surface area contributed by atoms with Gasteiger partial charge >= 0.3 is 0 Å². The van der Waals surface area contributed by atoms with Crippen LogP contribution in [-0.2, 0) is 14.8 Å². The maximum Gasteiger partial charge on any atom is 0.262 e. The molecule has 0 bridgehead atoms. The van der Waals surface area contributed by atoms with Crippen LogP contribution in [0.1, 0.15) is 5.56 Å². The van der Waals surface area contributed by atoms with Crippen LogP contribution in [0.4, 0.5) is 11.4 Å². The van der Waals surface area contributed by atoms with Crippen LogP contribution in [0.3, 0.4) is 0 Å². The van der Waals surface area contributed by atoms with Gasteiger partial charge in [0.25, 0.3) is 10.0 Å². The molecule has 0 aliphatic rings. The number of methoxy groups -OCH3 is 1. The lowest BCUT2D eigenvalue weighted by Crippen LogP contribution is -2.17. The van der Waals surface area contributed by atoms with Crippen LogP contribution in [0.25, 0.3) is 0 Å². The number of thioether (sulfide) groups is 1. The van der Waals surface area contributed by atoms with E-state index in [0.717, 1.165) is 4.90 Å². The Bertz CT molecular complexity index is 1130. The van der Waals surface area contributed by atoms with Crippen LogP contribution in [-0.4, -0.2) is 27.2 Å². The first-order valence-corrected chi connectivity index (χ1v) is 11.6. The van der Waals surface area contributed by atoms with E-state index in [1.807, 2.05) is 30.3 Å². The highest BCUT2D eigenvalue weighted by Crippen LogP contribution is 2.28. The Morgan fingerprint density at radius 2 is 1.70 bits per heavy atom. The highest BCUT2D eigenvalue weighted by molar-refractivity contribution is 8.00. The van der Waals surface area contributed by atoms with Gasteiger partial charge in [-0.3, -0.25) is 9.52 Å². The van der Waals surface area contributed by atoms with Gasteiger partial charge in [0.1, 0.15) is 5.75 Å². The molecular formula is C22H22N2O4S2. The van der Waals surface area contributed by atoms with Gasteiger partial charge in [-0.15, -0.1) is 11.8 Å². The normalized spacial score (nSPS) is 11.0. The minimum Gasteiger partial charge on any atom is -0.495 e. The van der Waals surface area contributed by atoms with Gasteiger partial charge in [-0.2, -0.15) is 0 Å². The largest absolute Gasteiger partial charge is 0.495 e. The standard InChI is InChI=1S/C22H22N2O4S2/c1-16-12-13-17(23-22(25)15-29-18-8-4-3-5-9-18)14-21(16)30(26,27)24-19-10-6-7-11-20(19)28-2/h3-14,24H,15H2,1-2H3,(H,23,25). The molecule has 0 saturated heterocycles. The molecule has 3 aromatic rings. The predicted octanol–water partition coefficient (Wildman–Crippen LogP) is 4.54. The number of benzene rings is 3. The lowest BCUT2D eigenvalue weighted by Gasteiger charge is -2.14. The van der Waals surface area contributed by atoms with Gasteiger partial charge in [0.2, 0.25) is 5.91 Å². The molecule has 2 N–H and O–H groups in total. The van der Waals surface area contributed by atoms with Crippen LogP contribution in [0, 0.1) is 6.92 Å². The number of aryl methyl sites for hydroxylation is 1. The average molecular weight is 443 g/mol. The predicted molar refractivity (Wildman–Crippen MR) is 121 cm³/mol. The van der Waals surface area contributed by atoms with E-state index in [2.05, 4.69) is 10.0 Å². The van der Waals surface area contributed by atoms with Crippen LogP contribution in [0.5, 0.6) is 5.75 Å². The third kappa shape index (κ3) is 5.55. The lowest BCUT2D eigenvalue weighted by molar-refractivity contribution is -0.113. The number of para-hydroxylation sites is 2. The highest BCUT2D eigenvalue weighted by Gasteiger charge is 2.20. The first-order valence-electron chi connectivity index (χ1n) is 9.13. The zero-order chi connectivity index (χ0) is 21.6. The van der Waals surface area contributed by atoms with Gasteiger partial charge in [0, 0.05) is 10.6 Å². The zero-order valence-corrected chi connectivity index (χ0v) is 18.2. The second-order valence-corrected chi connectivity index (χ2v) is 9.14. The van der Waals surface area contributed by atoms with Crippen molar-refractivity contribution >= 4 is 39.1 Å². The SMILES string of the molecule is COc1ccccc1NS(=O)(=O)c1cc(NC(=O)CSc2ccccc2)ccc1C. The lowest BCUT2D eigenvalue weighted by atomic mass is 10.2. The molecule has 0 radical (unpaired) electrons. The van der Waals surface area contributed by atoms with E-state index in [0.29, 0.717) is 22.7 Å². The first kappa shape index (κ1) is 21.7. The Hall–Kier alpha value is -2.97. The molecule has 0 fully saturated rings. The number of hydrogen-bond acceptors (Lipinski definition) is 5. The van der Waals surface area contributed by atoms with E-state index in [1.165, 1.54) is 24.9 Å². The fourth-order valence-corrected chi connectivity index (χ4v) is 4.82.